The van der Waals surface area contributed by atoms with Gasteiger partial charge in [0.1, 0.15) is 5.75 Å². The number of ether oxygens (including phenoxy) is 1. The average Bonchev–Trinajstić information content (AvgIpc) is 2.96. The van der Waals surface area contributed by atoms with Crippen molar-refractivity contribution < 1.29 is 9.53 Å². The molecule has 0 fully saturated rings. The van der Waals surface area contributed by atoms with Crippen molar-refractivity contribution in [2.45, 2.75) is 6.92 Å². The summed E-state index contributed by atoms with van der Waals surface area (Å²) in [6, 6.07) is 13.5. The Morgan fingerprint density at radius 1 is 1.33 bits per heavy atom. The van der Waals surface area contributed by atoms with Crippen molar-refractivity contribution in [3.63, 3.8) is 0 Å². The van der Waals surface area contributed by atoms with Crippen molar-refractivity contribution >= 4 is 39.0 Å². The minimum Gasteiger partial charge on any atom is -0.483 e. The van der Waals surface area contributed by atoms with E-state index < -0.39 is 0 Å². The van der Waals surface area contributed by atoms with Gasteiger partial charge in [-0.2, -0.15) is 5.10 Å². The van der Waals surface area contributed by atoms with Crippen LogP contribution in [-0.4, -0.2) is 23.7 Å². The van der Waals surface area contributed by atoms with Crippen LogP contribution in [-0.2, 0) is 4.79 Å². The highest BCUT2D eigenvalue weighted by Gasteiger charge is 2.04. The molecule has 122 valence electrons. The summed E-state index contributed by atoms with van der Waals surface area (Å²) in [4.78, 5) is 15.0. The molecule has 0 saturated carbocycles. The summed E-state index contributed by atoms with van der Waals surface area (Å²) in [7, 11) is 0. The predicted molar refractivity (Wildman–Crippen MR) is 98.4 cm³/mol. The molecular weight excluding hydrogens is 370 g/mol. The first-order valence-corrected chi connectivity index (χ1v) is 8.20. The number of carbonyl (C=O) groups is 1. The van der Waals surface area contributed by atoms with E-state index in [2.05, 4.69) is 31.4 Å². The van der Waals surface area contributed by atoms with Crippen LogP contribution in [0.5, 0.6) is 5.75 Å². The fourth-order valence-electron chi connectivity index (χ4n) is 2.29. The zero-order valence-corrected chi connectivity index (χ0v) is 14.6. The number of carbonyl (C=O) groups excluding carboxylic acids is 1. The first kappa shape index (κ1) is 16.3. The standard InChI is InChI=1S/C18H16BrN3O2/c1-12-4-2-3-5-17(12)24-11-18(23)22-21-10-13-9-20-16-7-6-14(19)8-15(13)16/h2-10,20H,11H2,1H3,(H,22,23)/b21-10+. The second-order valence-electron chi connectivity index (χ2n) is 5.28. The number of rotatable bonds is 5. The Kier molecular flexibility index (Phi) is 4.96. The first-order chi connectivity index (χ1) is 11.6. The van der Waals surface area contributed by atoms with Crippen molar-refractivity contribution in [3.8, 4) is 5.75 Å². The number of hydrogen-bond acceptors (Lipinski definition) is 3. The summed E-state index contributed by atoms with van der Waals surface area (Å²) in [6.45, 7) is 1.85. The van der Waals surface area contributed by atoms with Gasteiger partial charge in [0.25, 0.3) is 5.91 Å². The van der Waals surface area contributed by atoms with Gasteiger partial charge in [-0.3, -0.25) is 4.79 Å². The monoisotopic (exact) mass is 385 g/mol. The van der Waals surface area contributed by atoms with Crippen LogP contribution in [0.2, 0.25) is 0 Å². The second-order valence-corrected chi connectivity index (χ2v) is 6.20. The largest absolute Gasteiger partial charge is 0.483 e. The number of nitrogens with zero attached hydrogens (tertiary/aromatic N) is 1. The molecule has 6 heteroatoms. The lowest BCUT2D eigenvalue weighted by Gasteiger charge is -2.07. The van der Waals surface area contributed by atoms with E-state index in [1.807, 2.05) is 55.6 Å². The Morgan fingerprint density at radius 3 is 3.00 bits per heavy atom. The number of H-pyrrole nitrogens is 1. The maximum atomic E-state index is 11.8. The van der Waals surface area contributed by atoms with Gasteiger partial charge in [-0.15, -0.1) is 0 Å². The van der Waals surface area contributed by atoms with Gasteiger partial charge in [0.15, 0.2) is 6.61 Å². The Balaban J connectivity index is 1.58. The molecule has 2 N–H and O–H groups in total. The van der Waals surface area contributed by atoms with Gasteiger partial charge in [-0.25, -0.2) is 5.43 Å². The number of para-hydroxylation sites is 1. The summed E-state index contributed by atoms with van der Waals surface area (Å²) in [5, 5.41) is 5.01. The summed E-state index contributed by atoms with van der Waals surface area (Å²) in [5.74, 6) is 0.383. The van der Waals surface area contributed by atoms with Gasteiger partial charge in [0.05, 0.1) is 6.21 Å². The molecule has 0 radical (unpaired) electrons. The van der Waals surface area contributed by atoms with E-state index in [0.29, 0.717) is 5.75 Å². The van der Waals surface area contributed by atoms with Crippen LogP contribution >= 0.6 is 15.9 Å². The number of hydrogen-bond donors (Lipinski definition) is 2. The highest BCUT2D eigenvalue weighted by atomic mass is 79.9. The fourth-order valence-corrected chi connectivity index (χ4v) is 2.65. The SMILES string of the molecule is Cc1ccccc1OCC(=O)N/N=C/c1c[nH]c2ccc(Br)cc12. The van der Waals surface area contributed by atoms with E-state index in [0.717, 1.165) is 26.5 Å². The van der Waals surface area contributed by atoms with Crippen LogP contribution in [0, 0.1) is 6.92 Å². The van der Waals surface area contributed by atoms with Crippen molar-refractivity contribution in [1.82, 2.24) is 10.4 Å². The molecule has 0 unspecified atom stereocenters. The molecule has 1 amide bonds. The molecule has 5 nitrogen and oxygen atoms in total. The molecule has 0 bridgehead atoms. The molecule has 24 heavy (non-hydrogen) atoms. The third-order valence-corrected chi connectivity index (χ3v) is 4.01. The smallest absolute Gasteiger partial charge is 0.277 e. The zero-order valence-electron chi connectivity index (χ0n) is 13.0. The molecule has 0 atom stereocenters. The van der Waals surface area contributed by atoms with Gasteiger partial charge in [-0.1, -0.05) is 34.1 Å². The van der Waals surface area contributed by atoms with Crippen molar-refractivity contribution in [1.29, 1.82) is 0 Å². The molecular formula is C18H16BrN3O2. The molecule has 0 spiro atoms. The van der Waals surface area contributed by atoms with Crippen LogP contribution in [0.25, 0.3) is 10.9 Å². The molecule has 0 aliphatic carbocycles. The van der Waals surface area contributed by atoms with Crippen molar-refractivity contribution in [2.24, 2.45) is 5.10 Å². The number of benzene rings is 2. The minimum atomic E-state index is -0.310. The van der Waals surface area contributed by atoms with Gasteiger partial charge in [0.2, 0.25) is 0 Å². The maximum Gasteiger partial charge on any atom is 0.277 e. The number of amides is 1. The maximum absolute atomic E-state index is 11.8. The number of hydrazone groups is 1. The van der Waals surface area contributed by atoms with Crippen LogP contribution in [0.3, 0.4) is 0 Å². The lowest BCUT2D eigenvalue weighted by atomic mass is 10.2. The van der Waals surface area contributed by atoms with E-state index in [1.54, 1.807) is 6.21 Å². The Morgan fingerprint density at radius 2 is 2.17 bits per heavy atom. The van der Waals surface area contributed by atoms with Crippen LogP contribution in [0.4, 0.5) is 0 Å². The molecule has 1 aromatic heterocycles. The second kappa shape index (κ2) is 7.31. The molecule has 1 heterocycles. The highest BCUT2D eigenvalue weighted by molar-refractivity contribution is 9.10. The van der Waals surface area contributed by atoms with Gasteiger partial charge < -0.3 is 9.72 Å². The van der Waals surface area contributed by atoms with E-state index in [4.69, 9.17) is 4.74 Å². The van der Waals surface area contributed by atoms with E-state index in [-0.39, 0.29) is 12.5 Å². The lowest BCUT2D eigenvalue weighted by molar-refractivity contribution is -0.123. The molecule has 2 aromatic carbocycles. The normalized spacial score (nSPS) is 11.1. The zero-order chi connectivity index (χ0) is 16.9. The number of halogens is 1. The molecule has 0 aliphatic rings. The number of aryl methyl sites for hydroxylation is 1. The van der Waals surface area contributed by atoms with Gasteiger partial charge in [-0.05, 0) is 36.8 Å². The van der Waals surface area contributed by atoms with Gasteiger partial charge in [0, 0.05) is 27.1 Å². The number of nitrogens with one attached hydrogen (secondary N) is 2. The molecule has 0 aliphatic heterocycles. The van der Waals surface area contributed by atoms with E-state index in [9.17, 15) is 4.79 Å². The number of aromatic nitrogens is 1. The van der Waals surface area contributed by atoms with E-state index >= 15 is 0 Å². The van der Waals surface area contributed by atoms with Gasteiger partial charge >= 0.3 is 0 Å². The van der Waals surface area contributed by atoms with E-state index in [1.165, 1.54) is 0 Å². The Bertz CT molecular complexity index is 902. The summed E-state index contributed by atoms with van der Waals surface area (Å²) in [6.07, 6.45) is 3.45. The topological polar surface area (TPSA) is 66.5 Å². The third-order valence-electron chi connectivity index (χ3n) is 3.52. The summed E-state index contributed by atoms with van der Waals surface area (Å²) < 4.78 is 6.46. The quantitative estimate of drug-likeness (QED) is 0.518. The highest BCUT2D eigenvalue weighted by Crippen LogP contribution is 2.21. The van der Waals surface area contributed by atoms with Crippen LogP contribution in [0.1, 0.15) is 11.1 Å². The molecule has 0 saturated heterocycles. The van der Waals surface area contributed by atoms with Crippen molar-refractivity contribution in [3.05, 3.63) is 64.3 Å². The number of aromatic amines is 1. The van der Waals surface area contributed by atoms with Crippen molar-refractivity contribution in [2.75, 3.05) is 6.61 Å². The predicted octanol–water partition coefficient (Wildman–Crippen LogP) is 3.77. The third kappa shape index (κ3) is 3.83. The number of fused-ring (bicyclic) bond motifs is 1. The lowest BCUT2D eigenvalue weighted by Crippen LogP contribution is -2.24. The average molecular weight is 386 g/mol. The fraction of sp³-hybridized carbons (Fsp3) is 0.111. The summed E-state index contributed by atoms with van der Waals surface area (Å²) in [5.41, 5.74) is 5.36. The minimum absolute atomic E-state index is 0.0817. The Labute approximate surface area is 147 Å². The molecule has 3 rings (SSSR count). The summed E-state index contributed by atoms with van der Waals surface area (Å²) >= 11 is 3.45. The first-order valence-electron chi connectivity index (χ1n) is 7.40. The molecule has 3 aromatic rings. The van der Waals surface area contributed by atoms with Crippen LogP contribution < -0.4 is 10.2 Å². The van der Waals surface area contributed by atoms with Crippen LogP contribution in [0.15, 0.2) is 58.2 Å². The Hall–Kier alpha value is -2.60.